The molecule has 0 radical (unpaired) electrons. The SMILES string of the molecule is c1ccc(-c2ccc3cc(-c4ccc(-c5ccc6cc7c(cc6c5)sc5c6cc8ccccc8cc6sc75)cc4)ccc3c2)cc1. The van der Waals surface area contributed by atoms with Crippen molar-refractivity contribution in [2.45, 2.75) is 0 Å². The van der Waals surface area contributed by atoms with Crippen molar-refractivity contribution in [3.05, 3.63) is 158 Å². The zero-order chi connectivity index (χ0) is 30.2. The Morgan fingerprint density at radius 2 is 0.630 bits per heavy atom. The van der Waals surface area contributed by atoms with Crippen LogP contribution in [0.3, 0.4) is 0 Å². The highest BCUT2D eigenvalue weighted by atomic mass is 32.1. The quantitative estimate of drug-likeness (QED) is 0.185. The second-order valence-corrected chi connectivity index (χ2v) is 14.3. The molecule has 2 aromatic heterocycles. The molecule has 0 fully saturated rings. The molecule has 2 heterocycles. The molecule has 0 saturated carbocycles. The van der Waals surface area contributed by atoms with Crippen LogP contribution in [0, 0.1) is 0 Å². The van der Waals surface area contributed by atoms with E-state index in [1.807, 2.05) is 22.7 Å². The summed E-state index contributed by atoms with van der Waals surface area (Å²) in [5.74, 6) is 0. The van der Waals surface area contributed by atoms with Gasteiger partial charge in [-0.3, -0.25) is 0 Å². The Morgan fingerprint density at radius 1 is 0.261 bits per heavy atom. The maximum Gasteiger partial charge on any atom is 0.0542 e. The molecule has 0 saturated heterocycles. The zero-order valence-corrected chi connectivity index (χ0v) is 26.5. The van der Waals surface area contributed by atoms with Crippen molar-refractivity contribution < 1.29 is 0 Å². The van der Waals surface area contributed by atoms with E-state index < -0.39 is 0 Å². The summed E-state index contributed by atoms with van der Waals surface area (Å²) in [7, 11) is 0. The minimum atomic E-state index is 1.24. The van der Waals surface area contributed by atoms with E-state index in [1.54, 1.807) is 0 Å². The molecule has 0 aliphatic carbocycles. The van der Waals surface area contributed by atoms with E-state index in [2.05, 4.69) is 158 Å². The fourth-order valence-corrected chi connectivity index (χ4v) is 9.65. The van der Waals surface area contributed by atoms with Crippen molar-refractivity contribution in [2.75, 3.05) is 0 Å². The van der Waals surface area contributed by atoms with Crippen molar-refractivity contribution in [2.24, 2.45) is 0 Å². The molecular weight excluding hydrogens is 593 g/mol. The smallest absolute Gasteiger partial charge is 0.0542 e. The lowest BCUT2D eigenvalue weighted by Gasteiger charge is -2.09. The Kier molecular flexibility index (Phi) is 5.72. The molecule has 10 aromatic rings. The van der Waals surface area contributed by atoms with E-state index in [-0.39, 0.29) is 0 Å². The molecule has 0 unspecified atom stereocenters. The van der Waals surface area contributed by atoms with Gasteiger partial charge in [0.25, 0.3) is 0 Å². The predicted molar refractivity (Wildman–Crippen MR) is 204 cm³/mol. The van der Waals surface area contributed by atoms with Crippen LogP contribution in [0.1, 0.15) is 0 Å². The van der Waals surface area contributed by atoms with Crippen LogP contribution < -0.4 is 0 Å². The largest absolute Gasteiger partial charge is 0.134 e. The molecule has 46 heavy (non-hydrogen) atoms. The van der Waals surface area contributed by atoms with E-state index in [0.717, 1.165) is 0 Å². The molecule has 214 valence electrons. The van der Waals surface area contributed by atoms with E-state index in [9.17, 15) is 0 Å². The van der Waals surface area contributed by atoms with Gasteiger partial charge in [-0.2, -0.15) is 0 Å². The third-order valence-electron chi connectivity index (χ3n) is 9.41. The van der Waals surface area contributed by atoms with Crippen LogP contribution in [0.25, 0.3) is 95.3 Å². The summed E-state index contributed by atoms with van der Waals surface area (Å²) in [5.41, 5.74) is 7.47. The molecule has 10 rings (SSSR count). The number of thiophene rings is 2. The normalized spacial score (nSPS) is 11.9. The number of fused-ring (bicyclic) bond motifs is 8. The predicted octanol–water partition coefficient (Wildman–Crippen LogP) is 13.7. The molecule has 8 aromatic carbocycles. The number of hydrogen-bond acceptors (Lipinski definition) is 2. The first kappa shape index (κ1) is 26.0. The van der Waals surface area contributed by atoms with Crippen molar-refractivity contribution >= 4 is 84.6 Å². The molecule has 0 spiro atoms. The highest BCUT2D eigenvalue weighted by Crippen LogP contribution is 2.46. The Labute approximate surface area is 274 Å². The summed E-state index contributed by atoms with van der Waals surface area (Å²) in [5, 5.41) is 10.5. The Bertz CT molecular complexity index is 2780. The fourth-order valence-electron chi connectivity index (χ4n) is 6.96. The molecule has 0 atom stereocenters. The molecule has 0 aliphatic rings. The van der Waals surface area contributed by atoms with Gasteiger partial charge in [0.2, 0.25) is 0 Å². The van der Waals surface area contributed by atoms with Gasteiger partial charge in [-0.25, -0.2) is 0 Å². The summed E-state index contributed by atoms with van der Waals surface area (Å²) in [4.78, 5) is 0. The third kappa shape index (κ3) is 4.19. The molecule has 2 heteroatoms. The zero-order valence-electron chi connectivity index (χ0n) is 24.8. The first-order valence-corrected chi connectivity index (χ1v) is 17.3. The standard InChI is InChI=1S/C44H26S2/c1-2-6-27(7-3-1)32-14-17-36-21-33(15-18-35(36)20-32)28-10-12-29(13-11-28)34-16-19-37-24-40-42(26-38(37)22-34)46-43-39-23-30-8-4-5-9-31(30)25-41(39)45-44(40)43/h1-26H. The van der Waals surface area contributed by atoms with Gasteiger partial charge in [0, 0.05) is 20.2 Å². The summed E-state index contributed by atoms with van der Waals surface area (Å²) in [6, 6.07) is 58.3. The second-order valence-electron chi connectivity index (χ2n) is 12.2. The molecule has 0 nitrogen and oxygen atoms in total. The Morgan fingerprint density at radius 3 is 1.17 bits per heavy atom. The van der Waals surface area contributed by atoms with Gasteiger partial charge in [0.05, 0.1) is 9.40 Å². The average Bonchev–Trinajstić information content (AvgIpc) is 3.64. The van der Waals surface area contributed by atoms with Gasteiger partial charge in [0.15, 0.2) is 0 Å². The van der Waals surface area contributed by atoms with Crippen LogP contribution >= 0.6 is 22.7 Å². The highest BCUT2D eigenvalue weighted by molar-refractivity contribution is 7.36. The van der Waals surface area contributed by atoms with Crippen molar-refractivity contribution in [3.63, 3.8) is 0 Å². The molecule has 0 amide bonds. The molecule has 0 N–H and O–H groups in total. The second kappa shape index (κ2) is 10.1. The van der Waals surface area contributed by atoms with Crippen LogP contribution in [0.2, 0.25) is 0 Å². The van der Waals surface area contributed by atoms with E-state index >= 15 is 0 Å². The van der Waals surface area contributed by atoms with Crippen LogP contribution in [-0.2, 0) is 0 Å². The number of hydrogen-bond donors (Lipinski definition) is 0. The van der Waals surface area contributed by atoms with Crippen molar-refractivity contribution in [1.29, 1.82) is 0 Å². The first-order chi connectivity index (χ1) is 22.7. The van der Waals surface area contributed by atoms with Crippen LogP contribution in [0.4, 0.5) is 0 Å². The number of benzene rings is 8. The fraction of sp³-hybridized carbons (Fsp3) is 0. The Balaban J connectivity index is 0.983. The van der Waals surface area contributed by atoms with Gasteiger partial charge in [0.1, 0.15) is 0 Å². The maximum absolute atomic E-state index is 2.40. The first-order valence-electron chi connectivity index (χ1n) is 15.6. The van der Waals surface area contributed by atoms with Gasteiger partial charge < -0.3 is 0 Å². The average molecular weight is 619 g/mol. The lowest BCUT2D eigenvalue weighted by molar-refractivity contribution is 1.61. The van der Waals surface area contributed by atoms with Gasteiger partial charge >= 0.3 is 0 Å². The minimum absolute atomic E-state index is 1.24. The monoisotopic (exact) mass is 618 g/mol. The lowest BCUT2D eigenvalue weighted by atomic mass is 9.96. The summed E-state index contributed by atoms with van der Waals surface area (Å²) >= 11 is 3.86. The van der Waals surface area contributed by atoms with Crippen LogP contribution in [0.15, 0.2) is 158 Å². The highest BCUT2D eigenvalue weighted by Gasteiger charge is 2.14. The molecular formula is C44H26S2. The van der Waals surface area contributed by atoms with Crippen molar-refractivity contribution in [1.82, 2.24) is 0 Å². The Hall–Kier alpha value is -5.28. The lowest BCUT2D eigenvalue weighted by Crippen LogP contribution is -1.83. The number of rotatable bonds is 3. The van der Waals surface area contributed by atoms with Gasteiger partial charge in [-0.15, -0.1) is 22.7 Å². The van der Waals surface area contributed by atoms with Crippen molar-refractivity contribution in [3.8, 4) is 33.4 Å². The van der Waals surface area contributed by atoms with Crippen LogP contribution in [-0.4, -0.2) is 0 Å². The maximum atomic E-state index is 2.40. The van der Waals surface area contributed by atoms with E-state index in [4.69, 9.17) is 0 Å². The third-order valence-corrected chi connectivity index (χ3v) is 11.9. The topological polar surface area (TPSA) is 0 Å². The summed E-state index contributed by atoms with van der Waals surface area (Å²) in [6.07, 6.45) is 0. The van der Waals surface area contributed by atoms with E-state index in [1.165, 1.54) is 95.3 Å². The van der Waals surface area contributed by atoms with Gasteiger partial charge in [-0.05, 0) is 108 Å². The van der Waals surface area contributed by atoms with Gasteiger partial charge in [-0.1, -0.05) is 115 Å². The molecule has 0 bridgehead atoms. The summed E-state index contributed by atoms with van der Waals surface area (Å²) in [6.45, 7) is 0. The summed E-state index contributed by atoms with van der Waals surface area (Å²) < 4.78 is 5.57. The minimum Gasteiger partial charge on any atom is -0.134 e. The van der Waals surface area contributed by atoms with E-state index in [0.29, 0.717) is 0 Å². The molecule has 0 aliphatic heterocycles. The van der Waals surface area contributed by atoms with Crippen LogP contribution in [0.5, 0.6) is 0 Å².